The van der Waals surface area contributed by atoms with Crippen molar-refractivity contribution in [3.63, 3.8) is 0 Å². The van der Waals surface area contributed by atoms with Crippen LogP contribution >= 0.6 is 0 Å². The minimum absolute atomic E-state index is 0.101. The Bertz CT molecular complexity index is 1370. The Balaban J connectivity index is 1.23. The molecular formula is C30H25NO5. The van der Waals surface area contributed by atoms with E-state index >= 15 is 0 Å². The smallest absolute Gasteiger partial charge is 0.407 e. The number of fused-ring (bicyclic) bond motifs is 3. The molecule has 1 unspecified atom stereocenters. The van der Waals surface area contributed by atoms with E-state index < -0.39 is 18.1 Å². The van der Waals surface area contributed by atoms with Crippen LogP contribution < -0.4 is 5.32 Å². The number of alkyl carbamates (subject to hydrolysis) is 1. The second-order valence-corrected chi connectivity index (χ2v) is 8.81. The van der Waals surface area contributed by atoms with Crippen LogP contribution in [-0.4, -0.2) is 34.9 Å². The number of hydrogen-bond donors (Lipinski definition) is 3. The first-order valence-corrected chi connectivity index (χ1v) is 11.7. The van der Waals surface area contributed by atoms with Gasteiger partial charge in [0.2, 0.25) is 0 Å². The van der Waals surface area contributed by atoms with Crippen LogP contribution in [0.1, 0.15) is 22.6 Å². The lowest BCUT2D eigenvalue weighted by atomic mass is 9.98. The third-order valence-corrected chi connectivity index (χ3v) is 6.51. The zero-order valence-electron chi connectivity index (χ0n) is 19.4. The summed E-state index contributed by atoms with van der Waals surface area (Å²) in [6.45, 7) is 0.116. The van der Waals surface area contributed by atoms with Gasteiger partial charge in [0.25, 0.3) is 0 Å². The normalized spacial score (nSPS) is 12.9. The van der Waals surface area contributed by atoms with E-state index in [1.165, 1.54) is 0 Å². The van der Waals surface area contributed by atoms with Gasteiger partial charge >= 0.3 is 12.1 Å². The van der Waals surface area contributed by atoms with Gasteiger partial charge in [0.05, 0.1) is 0 Å². The molecule has 1 amide bonds. The van der Waals surface area contributed by atoms with Crippen LogP contribution in [-0.2, 0) is 16.0 Å². The fourth-order valence-corrected chi connectivity index (χ4v) is 4.74. The van der Waals surface area contributed by atoms with Crippen molar-refractivity contribution in [3.8, 4) is 28.0 Å². The van der Waals surface area contributed by atoms with Gasteiger partial charge < -0.3 is 20.3 Å². The molecule has 0 aliphatic heterocycles. The zero-order chi connectivity index (χ0) is 25.1. The van der Waals surface area contributed by atoms with Gasteiger partial charge in [-0.1, -0.05) is 84.9 Å². The third-order valence-electron chi connectivity index (χ3n) is 6.51. The van der Waals surface area contributed by atoms with E-state index in [0.29, 0.717) is 0 Å². The first-order valence-electron chi connectivity index (χ1n) is 11.7. The summed E-state index contributed by atoms with van der Waals surface area (Å²) in [6, 6.07) is 29.2. The van der Waals surface area contributed by atoms with Gasteiger partial charge in [0, 0.05) is 12.3 Å². The Kier molecular flexibility index (Phi) is 6.41. The molecule has 0 saturated carbocycles. The molecule has 0 radical (unpaired) electrons. The van der Waals surface area contributed by atoms with Crippen molar-refractivity contribution in [2.24, 2.45) is 0 Å². The second-order valence-electron chi connectivity index (χ2n) is 8.81. The number of phenols is 1. The molecule has 6 nitrogen and oxygen atoms in total. The van der Waals surface area contributed by atoms with Crippen LogP contribution in [0.25, 0.3) is 22.3 Å². The molecule has 1 atom stereocenters. The largest absolute Gasteiger partial charge is 0.508 e. The number of carbonyl (C=O) groups excluding carboxylic acids is 1. The molecule has 6 heteroatoms. The van der Waals surface area contributed by atoms with Gasteiger partial charge in [-0.3, -0.25) is 0 Å². The number of carboxylic acids is 1. The summed E-state index contributed by atoms with van der Waals surface area (Å²) >= 11 is 0. The predicted octanol–water partition coefficient (Wildman–Crippen LogP) is 5.59. The van der Waals surface area contributed by atoms with Gasteiger partial charge in [-0.15, -0.1) is 0 Å². The van der Waals surface area contributed by atoms with E-state index in [-0.39, 0.29) is 24.7 Å². The SMILES string of the molecule is O=C(NC(Cc1ccc(-c2cccc(O)c2)cc1)C(=O)O)OCC1c2ccccc2-c2ccccc21. The van der Waals surface area contributed by atoms with Gasteiger partial charge in [0.1, 0.15) is 18.4 Å². The van der Waals surface area contributed by atoms with Gasteiger partial charge in [-0.2, -0.15) is 0 Å². The molecule has 0 aromatic heterocycles. The molecule has 0 saturated heterocycles. The highest BCUT2D eigenvalue weighted by Crippen LogP contribution is 2.44. The van der Waals surface area contributed by atoms with Crippen molar-refractivity contribution in [2.75, 3.05) is 6.61 Å². The molecule has 36 heavy (non-hydrogen) atoms. The number of carboxylic acid groups (broad SMARTS) is 1. The van der Waals surface area contributed by atoms with E-state index in [1.807, 2.05) is 66.7 Å². The zero-order valence-corrected chi connectivity index (χ0v) is 19.4. The van der Waals surface area contributed by atoms with E-state index in [4.69, 9.17) is 4.74 Å². The summed E-state index contributed by atoms with van der Waals surface area (Å²) in [5.41, 5.74) is 6.94. The monoisotopic (exact) mass is 479 g/mol. The highest BCUT2D eigenvalue weighted by Gasteiger charge is 2.29. The Morgan fingerprint density at radius 2 is 1.44 bits per heavy atom. The number of aromatic hydroxyl groups is 1. The maximum atomic E-state index is 12.6. The first-order chi connectivity index (χ1) is 17.5. The Labute approximate surface area is 208 Å². The number of amides is 1. The maximum absolute atomic E-state index is 12.6. The standard InChI is InChI=1S/C30H25NO5/c32-22-7-5-6-21(17-22)20-14-12-19(13-15-20)16-28(29(33)34)31-30(35)36-18-27-25-10-3-1-8-23(25)24-9-2-4-11-26(24)27/h1-15,17,27-28,32H,16,18H2,(H,31,35)(H,33,34). The van der Waals surface area contributed by atoms with Crippen LogP contribution in [0.15, 0.2) is 97.1 Å². The van der Waals surface area contributed by atoms with Crippen LogP contribution in [0, 0.1) is 0 Å². The van der Waals surface area contributed by atoms with Gasteiger partial charge in [0.15, 0.2) is 0 Å². The van der Waals surface area contributed by atoms with E-state index in [9.17, 15) is 19.8 Å². The summed E-state index contributed by atoms with van der Waals surface area (Å²) in [5, 5.41) is 21.9. The van der Waals surface area contributed by atoms with Gasteiger partial charge in [-0.25, -0.2) is 9.59 Å². The molecule has 4 aromatic rings. The summed E-state index contributed by atoms with van der Waals surface area (Å²) in [6.07, 6.45) is -0.652. The van der Waals surface area contributed by atoms with Crippen LogP contribution in [0.3, 0.4) is 0 Å². The summed E-state index contributed by atoms with van der Waals surface area (Å²) in [5.74, 6) is -1.06. The Morgan fingerprint density at radius 1 is 0.806 bits per heavy atom. The molecule has 0 heterocycles. The maximum Gasteiger partial charge on any atom is 0.407 e. The molecular weight excluding hydrogens is 454 g/mol. The molecule has 4 aromatic carbocycles. The Hall–Kier alpha value is -4.58. The van der Waals surface area contributed by atoms with Crippen molar-refractivity contribution in [2.45, 2.75) is 18.4 Å². The fourth-order valence-electron chi connectivity index (χ4n) is 4.74. The number of benzene rings is 4. The fraction of sp³-hybridized carbons (Fsp3) is 0.133. The van der Waals surface area contributed by atoms with Crippen LogP contribution in [0.4, 0.5) is 4.79 Å². The molecule has 0 bridgehead atoms. The van der Waals surface area contributed by atoms with E-state index in [0.717, 1.165) is 38.9 Å². The molecule has 3 N–H and O–H groups in total. The summed E-state index contributed by atoms with van der Waals surface area (Å²) in [4.78, 5) is 24.4. The van der Waals surface area contributed by atoms with Crippen molar-refractivity contribution < 1.29 is 24.5 Å². The summed E-state index contributed by atoms with van der Waals surface area (Å²) < 4.78 is 5.51. The minimum Gasteiger partial charge on any atom is -0.508 e. The quantitative estimate of drug-likeness (QED) is 0.321. The molecule has 1 aliphatic rings. The number of phenolic OH excluding ortho intramolecular Hbond substituents is 1. The lowest BCUT2D eigenvalue weighted by molar-refractivity contribution is -0.139. The average molecular weight is 480 g/mol. The average Bonchev–Trinajstić information content (AvgIpc) is 3.21. The summed E-state index contributed by atoms with van der Waals surface area (Å²) in [7, 11) is 0. The number of ether oxygens (including phenoxy) is 1. The lowest BCUT2D eigenvalue weighted by Crippen LogP contribution is -2.42. The minimum atomic E-state index is -1.14. The highest BCUT2D eigenvalue weighted by molar-refractivity contribution is 5.81. The predicted molar refractivity (Wildman–Crippen MR) is 137 cm³/mol. The van der Waals surface area contributed by atoms with Crippen molar-refractivity contribution in [1.82, 2.24) is 5.32 Å². The van der Waals surface area contributed by atoms with E-state index in [2.05, 4.69) is 17.4 Å². The first kappa shape index (κ1) is 23.2. The number of carbonyl (C=O) groups is 2. The number of hydrogen-bond acceptors (Lipinski definition) is 4. The van der Waals surface area contributed by atoms with Crippen molar-refractivity contribution >= 4 is 12.1 Å². The van der Waals surface area contributed by atoms with Gasteiger partial charge in [-0.05, 0) is 51.1 Å². The number of rotatable bonds is 7. The molecule has 0 spiro atoms. The van der Waals surface area contributed by atoms with Crippen LogP contribution in [0.5, 0.6) is 5.75 Å². The number of nitrogens with one attached hydrogen (secondary N) is 1. The van der Waals surface area contributed by atoms with Crippen molar-refractivity contribution in [1.29, 1.82) is 0 Å². The lowest BCUT2D eigenvalue weighted by Gasteiger charge is -2.17. The van der Waals surface area contributed by atoms with E-state index in [1.54, 1.807) is 18.2 Å². The van der Waals surface area contributed by atoms with Crippen molar-refractivity contribution in [3.05, 3.63) is 114 Å². The molecule has 5 rings (SSSR count). The third kappa shape index (κ3) is 4.79. The Morgan fingerprint density at radius 3 is 2.06 bits per heavy atom. The van der Waals surface area contributed by atoms with Crippen LogP contribution in [0.2, 0.25) is 0 Å². The molecule has 180 valence electrons. The highest BCUT2D eigenvalue weighted by atomic mass is 16.5. The molecule has 0 fully saturated rings. The number of aliphatic carboxylic acids is 1. The topological polar surface area (TPSA) is 95.9 Å². The second kappa shape index (κ2) is 9.96. The molecule has 1 aliphatic carbocycles.